The summed E-state index contributed by atoms with van der Waals surface area (Å²) in [7, 11) is 3.37. The second kappa shape index (κ2) is 7.62. The predicted molar refractivity (Wildman–Crippen MR) is 75.5 cm³/mol. The summed E-state index contributed by atoms with van der Waals surface area (Å²) in [4.78, 5) is 0. The molecular formula is C14H22ClNO2. The molecule has 0 aliphatic heterocycles. The Balaban J connectivity index is 3.04. The Morgan fingerprint density at radius 1 is 1.28 bits per heavy atom. The average molecular weight is 272 g/mol. The summed E-state index contributed by atoms with van der Waals surface area (Å²) in [5.41, 5.74) is 1.13. The second-order valence-corrected chi connectivity index (χ2v) is 4.52. The van der Waals surface area contributed by atoms with Crippen LogP contribution >= 0.6 is 11.6 Å². The van der Waals surface area contributed by atoms with Crippen LogP contribution in [0.25, 0.3) is 0 Å². The highest BCUT2D eigenvalue weighted by Gasteiger charge is 2.21. The van der Waals surface area contributed by atoms with Crippen LogP contribution in [0.1, 0.15) is 31.9 Å². The van der Waals surface area contributed by atoms with Crippen LogP contribution in [0, 0.1) is 0 Å². The average Bonchev–Trinajstić information content (AvgIpc) is 2.40. The molecule has 4 heteroatoms. The molecule has 0 saturated carbocycles. The summed E-state index contributed by atoms with van der Waals surface area (Å²) >= 11 is 6.05. The lowest BCUT2D eigenvalue weighted by atomic mass is 9.99. The fourth-order valence-electron chi connectivity index (χ4n) is 2.09. The molecule has 1 rings (SSSR count). The van der Waals surface area contributed by atoms with Crippen molar-refractivity contribution in [3.05, 3.63) is 28.8 Å². The van der Waals surface area contributed by atoms with E-state index in [1.165, 1.54) is 0 Å². The van der Waals surface area contributed by atoms with Crippen LogP contribution in [0.2, 0.25) is 5.02 Å². The molecule has 18 heavy (non-hydrogen) atoms. The molecule has 2 atom stereocenters. The standard InChI is InChI=1S/C14H22ClNO2/c1-5-12(17-3)14(16-6-2)10-7-8-11(15)13(9-10)18-4/h7-9,12,14,16H,5-6H2,1-4H3. The van der Waals surface area contributed by atoms with Crippen molar-refractivity contribution in [3.8, 4) is 5.75 Å². The maximum absolute atomic E-state index is 6.05. The van der Waals surface area contributed by atoms with Gasteiger partial charge in [0.15, 0.2) is 0 Å². The predicted octanol–water partition coefficient (Wildman–Crippen LogP) is 3.42. The quantitative estimate of drug-likeness (QED) is 0.824. The van der Waals surface area contributed by atoms with E-state index in [4.69, 9.17) is 21.1 Å². The van der Waals surface area contributed by atoms with Gasteiger partial charge < -0.3 is 14.8 Å². The van der Waals surface area contributed by atoms with E-state index < -0.39 is 0 Å². The fourth-order valence-corrected chi connectivity index (χ4v) is 2.29. The van der Waals surface area contributed by atoms with Crippen LogP contribution in [0.15, 0.2) is 18.2 Å². The van der Waals surface area contributed by atoms with E-state index in [1.807, 2.05) is 18.2 Å². The highest BCUT2D eigenvalue weighted by molar-refractivity contribution is 6.32. The van der Waals surface area contributed by atoms with Crippen molar-refractivity contribution < 1.29 is 9.47 Å². The molecule has 0 radical (unpaired) electrons. The van der Waals surface area contributed by atoms with Crippen LogP contribution < -0.4 is 10.1 Å². The number of halogens is 1. The molecule has 0 aliphatic carbocycles. The van der Waals surface area contributed by atoms with E-state index in [9.17, 15) is 0 Å². The topological polar surface area (TPSA) is 30.5 Å². The first-order valence-corrected chi connectivity index (χ1v) is 6.65. The molecule has 1 aromatic carbocycles. The largest absolute Gasteiger partial charge is 0.495 e. The minimum Gasteiger partial charge on any atom is -0.495 e. The first-order valence-electron chi connectivity index (χ1n) is 6.27. The zero-order chi connectivity index (χ0) is 13.5. The third-order valence-electron chi connectivity index (χ3n) is 3.04. The summed E-state index contributed by atoms with van der Waals surface area (Å²) in [6.45, 7) is 5.09. The molecule has 3 nitrogen and oxygen atoms in total. The molecule has 0 amide bonds. The van der Waals surface area contributed by atoms with Crippen LogP contribution in [-0.2, 0) is 4.74 Å². The minimum absolute atomic E-state index is 0.135. The summed E-state index contributed by atoms with van der Waals surface area (Å²) in [5, 5.41) is 4.07. The number of hydrogen-bond donors (Lipinski definition) is 1. The van der Waals surface area contributed by atoms with Crippen molar-refractivity contribution in [1.29, 1.82) is 0 Å². The number of nitrogens with one attached hydrogen (secondary N) is 1. The third-order valence-corrected chi connectivity index (χ3v) is 3.35. The van der Waals surface area contributed by atoms with Gasteiger partial charge in [-0.25, -0.2) is 0 Å². The number of ether oxygens (including phenoxy) is 2. The molecule has 0 heterocycles. The van der Waals surface area contributed by atoms with Crippen LogP contribution in [0.4, 0.5) is 0 Å². The van der Waals surface area contributed by atoms with Gasteiger partial charge in [-0.2, -0.15) is 0 Å². The Kier molecular flexibility index (Phi) is 6.47. The third kappa shape index (κ3) is 3.61. The molecule has 0 spiro atoms. The first kappa shape index (κ1) is 15.3. The number of benzene rings is 1. The van der Waals surface area contributed by atoms with Crippen molar-refractivity contribution in [3.63, 3.8) is 0 Å². The van der Waals surface area contributed by atoms with E-state index in [1.54, 1.807) is 14.2 Å². The summed E-state index contributed by atoms with van der Waals surface area (Å²) in [6, 6.07) is 6.00. The summed E-state index contributed by atoms with van der Waals surface area (Å²) in [5.74, 6) is 0.697. The van der Waals surface area contributed by atoms with Gasteiger partial charge >= 0.3 is 0 Å². The van der Waals surface area contributed by atoms with E-state index in [0.717, 1.165) is 18.5 Å². The summed E-state index contributed by atoms with van der Waals surface area (Å²) < 4.78 is 10.8. The van der Waals surface area contributed by atoms with E-state index in [-0.39, 0.29) is 12.1 Å². The van der Waals surface area contributed by atoms with Crippen LogP contribution in [0.5, 0.6) is 5.75 Å². The fraction of sp³-hybridized carbons (Fsp3) is 0.571. The van der Waals surface area contributed by atoms with Gasteiger partial charge in [0.05, 0.1) is 24.3 Å². The van der Waals surface area contributed by atoms with Gasteiger partial charge in [-0.3, -0.25) is 0 Å². The number of likely N-dealkylation sites (N-methyl/N-ethyl adjacent to an activating group) is 1. The molecule has 102 valence electrons. The highest BCUT2D eigenvalue weighted by Crippen LogP contribution is 2.30. The normalized spacial score (nSPS) is 14.3. The molecule has 1 N–H and O–H groups in total. The smallest absolute Gasteiger partial charge is 0.137 e. The van der Waals surface area contributed by atoms with Crippen molar-refractivity contribution in [2.75, 3.05) is 20.8 Å². The summed E-state index contributed by atoms with van der Waals surface area (Å²) in [6.07, 6.45) is 1.08. The Morgan fingerprint density at radius 2 is 2.00 bits per heavy atom. The minimum atomic E-state index is 0.135. The molecule has 2 unspecified atom stereocenters. The molecule has 0 aliphatic rings. The number of rotatable bonds is 7. The van der Waals surface area contributed by atoms with Gasteiger partial charge in [0.2, 0.25) is 0 Å². The van der Waals surface area contributed by atoms with E-state index in [0.29, 0.717) is 10.8 Å². The Labute approximate surface area is 114 Å². The maximum atomic E-state index is 6.05. The van der Waals surface area contributed by atoms with Crippen molar-refractivity contribution >= 4 is 11.6 Å². The monoisotopic (exact) mass is 271 g/mol. The van der Waals surface area contributed by atoms with Gasteiger partial charge in [0.1, 0.15) is 5.75 Å². The van der Waals surface area contributed by atoms with Gasteiger partial charge in [-0.1, -0.05) is 31.5 Å². The Morgan fingerprint density at radius 3 is 2.50 bits per heavy atom. The molecule has 0 saturated heterocycles. The van der Waals surface area contributed by atoms with Crippen molar-refractivity contribution in [1.82, 2.24) is 5.32 Å². The molecule has 0 bridgehead atoms. The SMILES string of the molecule is CCNC(c1ccc(Cl)c(OC)c1)C(CC)OC. The van der Waals surface area contributed by atoms with E-state index >= 15 is 0 Å². The van der Waals surface area contributed by atoms with Gasteiger partial charge in [-0.15, -0.1) is 0 Å². The molecule has 1 aromatic rings. The van der Waals surface area contributed by atoms with E-state index in [2.05, 4.69) is 19.2 Å². The first-order chi connectivity index (χ1) is 8.67. The van der Waals surface area contributed by atoms with Crippen LogP contribution in [0.3, 0.4) is 0 Å². The van der Waals surface area contributed by atoms with Gasteiger partial charge in [-0.05, 0) is 30.7 Å². The lowest BCUT2D eigenvalue weighted by Gasteiger charge is -2.26. The van der Waals surface area contributed by atoms with Crippen molar-refractivity contribution in [2.45, 2.75) is 32.4 Å². The lowest BCUT2D eigenvalue weighted by molar-refractivity contribution is 0.0655. The number of methoxy groups -OCH3 is 2. The van der Waals surface area contributed by atoms with Crippen LogP contribution in [-0.4, -0.2) is 26.9 Å². The Hall–Kier alpha value is -0.770. The highest BCUT2D eigenvalue weighted by atomic mass is 35.5. The molecular weight excluding hydrogens is 250 g/mol. The molecule has 0 aromatic heterocycles. The Bertz CT molecular complexity index is 367. The van der Waals surface area contributed by atoms with Gasteiger partial charge in [0.25, 0.3) is 0 Å². The second-order valence-electron chi connectivity index (χ2n) is 4.11. The van der Waals surface area contributed by atoms with Crippen molar-refractivity contribution in [2.24, 2.45) is 0 Å². The zero-order valence-electron chi connectivity index (χ0n) is 11.5. The molecule has 0 fully saturated rings. The number of hydrogen-bond acceptors (Lipinski definition) is 3. The van der Waals surface area contributed by atoms with Gasteiger partial charge in [0, 0.05) is 7.11 Å². The maximum Gasteiger partial charge on any atom is 0.137 e. The zero-order valence-corrected chi connectivity index (χ0v) is 12.3. The lowest BCUT2D eigenvalue weighted by Crippen LogP contribution is -2.32.